The first-order valence-corrected chi connectivity index (χ1v) is 5.22. The molecule has 4 nitrogen and oxygen atoms in total. The van der Waals surface area contributed by atoms with Crippen molar-refractivity contribution < 1.29 is 4.39 Å². The third kappa shape index (κ3) is 3.02. The molecular weight excluding hydrogens is 231 g/mol. The van der Waals surface area contributed by atoms with Crippen molar-refractivity contribution in [2.75, 3.05) is 24.5 Å². The minimum atomic E-state index is -0.393. The van der Waals surface area contributed by atoms with E-state index in [1.54, 1.807) is 0 Å². The molecule has 0 bridgehead atoms. The zero-order valence-electron chi connectivity index (χ0n) is 8.97. The summed E-state index contributed by atoms with van der Waals surface area (Å²) in [6.07, 6.45) is 4.54. The summed E-state index contributed by atoms with van der Waals surface area (Å²) in [5.41, 5.74) is 5.61. The fourth-order valence-corrected chi connectivity index (χ4v) is 1.84. The minimum absolute atomic E-state index is 0. The third-order valence-corrected chi connectivity index (χ3v) is 2.84. The predicted octanol–water partition coefficient (Wildman–Crippen LogP) is 1.21. The van der Waals surface area contributed by atoms with Crippen LogP contribution < -0.4 is 10.6 Å². The number of anilines is 1. The molecule has 0 spiro atoms. The molecule has 0 unspecified atom stereocenters. The number of hydrogen-bond donors (Lipinski definition) is 1. The second-order valence-corrected chi connectivity index (χ2v) is 3.87. The molecule has 1 aliphatic heterocycles. The molecule has 2 rings (SSSR count). The third-order valence-electron chi connectivity index (χ3n) is 2.84. The van der Waals surface area contributed by atoms with Crippen molar-refractivity contribution in [3.05, 3.63) is 18.2 Å². The molecule has 1 aliphatic rings. The van der Waals surface area contributed by atoms with Gasteiger partial charge in [0.2, 0.25) is 5.95 Å². The van der Waals surface area contributed by atoms with Gasteiger partial charge in [0.05, 0.1) is 12.4 Å². The summed E-state index contributed by atoms with van der Waals surface area (Å²) < 4.78 is 12.6. The van der Waals surface area contributed by atoms with Gasteiger partial charge < -0.3 is 10.6 Å². The zero-order chi connectivity index (χ0) is 10.7. The van der Waals surface area contributed by atoms with Crippen LogP contribution in [0.25, 0.3) is 0 Å². The second-order valence-electron chi connectivity index (χ2n) is 3.87. The number of nitrogens with zero attached hydrogens (tertiary/aromatic N) is 3. The lowest BCUT2D eigenvalue weighted by Crippen LogP contribution is -2.37. The van der Waals surface area contributed by atoms with Crippen LogP contribution in [-0.4, -0.2) is 29.6 Å². The van der Waals surface area contributed by atoms with E-state index in [0.717, 1.165) is 32.5 Å². The van der Waals surface area contributed by atoms with Crippen LogP contribution in [0.2, 0.25) is 0 Å². The normalized spacial score (nSPS) is 17.0. The van der Waals surface area contributed by atoms with Gasteiger partial charge in [-0.1, -0.05) is 0 Å². The lowest BCUT2D eigenvalue weighted by Gasteiger charge is -2.31. The second kappa shape index (κ2) is 5.96. The standard InChI is InChI=1S/C10H15FN4.ClH/c11-9-6-13-10(14-7-9)15-3-1-8(5-12)2-4-15;/h6-8H,1-5,12H2;1H. The van der Waals surface area contributed by atoms with Crippen LogP contribution in [0, 0.1) is 11.7 Å². The van der Waals surface area contributed by atoms with Crippen LogP contribution in [0.4, 0.5) is 10.3 Å². The van der Waals surface area contributed by atoms with E-state index >= 15 is 0 Å². The number of rotatable bonds is 2. The van der Waals surface area contributed by atoms with E-state index in [1.165, 1.54) is 12.4 Å². The summed E-state index contributed by atoms with van der Waals surface area (Å²) >= 11 is 0. The molecule has 6 heteroatoms. The van der Waals surface area contributed by atoms with E-state index in [-0.39, 0.29) is 12.4 Å². The zero-order valence-corrected chi connectivity index (χ0v) is 9.79. The summed E-state index contributed by atoms with van der Waals surface area (Å²) in [5.74, 6) is 0.837. The quantitative estimate of drug-likeness (QED) is 0.852. The number of nitrogens with two attached hydrogens (primary N) is 1. The van der Waals surface area contributed by atoms with Crippen molar-refractivity contribution in [1.82, 2.24) is 9.97 Å². The average Bonchev–Trinajstić information content (AvgIpc) is 2.30. The van der Waals surface area contributed by atoms with Crippen molar-refractivity contribution in [1.29, 1.82) is 0 Å². The lowest BCUT2D eigenvalue weighted by molar-refractivity contribution is 0.411. The highest BCUT2D eigenvalue weighted by atomic mass is 35.5. The van der Waals surface area contributed by atoms with E-state index in [0.29, 0.717) is 11.9 Å². The van der Waals surface area contributed by atoms with Gasteiger partial charge in [0.25, 0.3) is 0 Å². The van der Waals surface area contributed by atoms with Gasteiger partial charge in [-0.3, -0.25) is 0 Å². The van der Waals surface area contributed by atoms with Crippen molar-refractivity contribution >= 4 is 18.4 Å². The van der Waals surface area contributed by atoms with Gasteiger partial charge in [0.1, 0.15) is 0 Å². The first-order chi connectivity index (χ1) is 7.29. The van der Waals surface area contributed by atoms with E-state index in [9.17, 15) is 4.39 Å². The molecule has 0 saturated carbocycles. The van der Waals surface area contributed by atoms with E-state index in [2.05, 4.69) is 14.9 Å². The molecule has 2 heterocycles. The maximum absolute atomic E-state index is 12.6. The average molecular weight is 247 g/mol. The molecule has 0 amide bonds. The molecule has 0 atom stereocenters. The van der Waals surface area contributed by atoms with E-state index < -0.39 is 5.82 Å². The van der Waals surface area contributed by atoms with Crippen LogP contribution in [0.3, 0.4) is 0 Å². The van der Waals surface area contributed by atoms with Gasteiger partial charge in [0.15, 0.2) is 5.82 Å². The van der Waals surface area contributed by atoms with Gasteiger partial charge in [-0.25, -0.2) is 14.4 Å². The Bertz CT molecular complexity index is 311. The van der Waals surface area contributed by atoms with Gasteiger partial charge in [-0.05, 0) is 25.3 Å². The largest absolute Gasteiger partial charge is 0.341 e. The van der Waals surface area contributed by atoms with Crippen LogP contribution in [-0.2, 0) is 0 Å². The summed E-state index contributed by atoms with van der Waals surface area (Å²) in [6.45, 7) is 2.57. The Hall–Kier alpha value is -0.940. The van der Waals surface area contributed by atoms with Crippen molar-refractivity contribution in [3.63, 3.8) is 0 Å². The van der Waals surface area contributed by atoms with Gasteiger partial charge in [-0.2, -0.15) is 0 Å². The van der Waals surface area contributed by atoms with Gasteiger partial charge in [0, 0.05) is 13.1 Å². The Kier molecular flexibility index (Phi) is 4.89. The Morgan fingerprint density at radius 1 is 1.31 bits per heavy atom. The smallest absolute Gasteiger partial charge is 0.225 e. The van der Waals surface area contributed by atoms with E-state index in [4.69, 9.17) is 5.73 Å². The maximum Gasteiger partial charge on any atom is 0.225 e. The monoisotopic (exact) mass is 246 g/mol. The van der Waals surface area contributed by atoms with Crippen molar-refractivity contribution in [2.24, 2.45) is 11.7 Å². The van der Waals surface area contributed by atoms with Crippen LogP contribution >= 0.6 is 12.4 Å². The highest BCUT2D eigenvalue weighted by Crippen LogP contribution is 2.19. The highest BCUT2D eigenvalue weighted by Gasteiger charge is 2.19. The van der Waals surface area contributed by atoms with Crippen molar-refractivity contribution in [2.45, 2.75) is 12.8 Å². The Morgan fingerprint density at radius 2 is 1.88 bits per heavy atom. The van der Waals surface area contributed by atoms with Gasteiger partial charge in [-0.15, -0.1) is 12.4 Å². The Morgan fingerprint density at radius 3 is 2.38 bits per heavy atom. The minimum Gasteiger partial charge on any atom is -0.341 e. The first-order valence-electron chi connectivity index (χ1n) is 5.22. The number of aromatic nitrogens is 2. The summed E-state index contributed by atoms with van der Waals surface area (Å²) in [7, 11) is 0. The number of halogens is 2. The fourth-order valence-electron chi connectivity index (χ4n) is 1.84. The molecule has 90 valence electrons. The molecule has 1 aromatic heterocycles. The Balaban J connectivity index is 0.00000128. The highest BCUT2D eigenvalue weighted by molar-refractivity contribution is 5.85. The molecule has 0 aliphatic carbocycles. The van der Waals surface area contributed by atoms with Crippen LogP contribution in [0.15, 0.2) is 12.4 Å². The Labute approximate surface area is 100 Å². The SMILES string of the molecule is Cl.NCC1CCN(c2ncc(F)cn2)CC1. The molecular formula is C10H16ClFN4. The molecule has 0 radical (unpaired) electrons. The van der Waals surface area contributed by atoms with Crippen LogP contribution in [0.5, 0.6) is 0 Å². The van der Waals surface area contributed by atoms with E-state index in [1.807, 2.05) is 0 Å². The fraction of sp³-hybridized carbons (Fsp3) is 0.600. The molecule has 2 N–H and O–H groups in total. The first kappa shape index (κ1) is 13.1. The molecule has 1 saturated heterocycles. The number of hydrogen-bond acceptors (Lipinski definition) is 4. The van der Waals surface area contributed by atoms with Crippen molar-refractivity contribution in [3.8, 4) is 0 Å². The summed E-state index contributed by atoms with van der Waals surface area (Å²) in [5, 5.41) is 0. The van der Waals surface area contributed by atoms with Crippen LogP contribution in [0.1, 0.15) is 12.8 Å². The topological polar surface area (TPSA) is 55.0 Å². The van der Waals surface area contributed by atoms with Gasteiger partial charge >= 0.3 is 0 Å². The maximum atomic E-state index is 12.6. The molecule has 0 aromatic carbocycles. The summed E-state index contributed by atoms with van der Waals surface area (Å²) in [4.78, 5) is 10.00. The summed E-state index contributed by atoms with van der Waals surface area (Å²) in [6, 6.07) is 0. The molecule has 16 heavy (non-hydrogen) atoms. The molecule has 1 fully saturated rings. The predicted molar refractivity (Wildman–Crippen MR) is 63.2 cm³/mol. The molecule has 1 aromatic rings. The lowest BCUT2D eigenvalue weighted by atomic mass is 9.97. The number of piperidine rings is 1.